The Bertz CT molecular complexity index is 121. The summed E-state index contributed by atoms with van der Waals surface area (Å²) in [5.74, 6) is 0. The number of hydrogen-bond acceptors (Lipinski definition) is 3. The number of hydrogen-bond donors (Lipinski definition) is 0. The molecule has 0 aliphatic heterocycles. The lowest BCUT2D eigenvalue weighted by Crippen LogP contribution is -2.42. The molecule has 0 spiro atoms. The van der Waals surface area contributed by atoms with Gasteiger partial charge in [-0.3, -0.25) is 0 Å². The number of rotatable bonds is 6. The first-order chi connectivity index (χ1) is 5.52. The summed E-state index contributed by atoms with van der Waals surface area (Å²) in [4.78, 5) is 0. The normalized spacial score (nSPS) is 12.5. The Morgan fingerprint density at radius 3 is 2.17 bits per heavy atom. The predicted octanol–water partition coefficient (Wildman–Crippen LogP) is 0.655. The van der Waals surface area contributed by atoms with Crippen molar-refractivity contribution in [3.05, 3.63) is 0 Å². The van der Waals surface area contributed by atoms with E-state index in [-0.39, 0.29) is 19.5 Å². The Balaban J connectivity index is 3.70. The van der Waals surface area contributed by atoms with E-state index in [1.165, 1.54) is 0 Å². The lowest BCUT2D eigenvalue weighted by Gasteiger charge is -2.25. The van der Waals surface area contributed by atoms with Crippen LogP contribution in [0.3, 0.4) is 0 Å². The monoisotopic (exact) mass is 237 g/mol. The fourth-order valence-corrected chi connectivity index (χ4v) is 8.46. The Hall–Kier alpha value is 0.748. The van der Waals surface area contributed by atoms with Crippen molar-refractivity contribution < 1.29 is 12.3 Å². The fourth-order valence-electron chi connectivity index (χ4n) is 0.844. The molecule has 0 rings (SSSR count). The maximum atomic E-state index is 5.76. The quantitative estimate of drug-likeness (QED) is 0.635. The summed E-state index contributed by atoms with van der Waals surface area (Å²) < 4.78 is 16.8. The molecule has 0 aliphatic rings. The van der Waals surface area contributed by atoms with Gasteiger partial charge in [0.2, 0.25) is 0 Å². The van der Waals surface area contributed by atoms with Crippen LogP contribution in [0.1, 0.15) is 0 Å². The molecule has 0 N–H and O–H groups in total. The molecule has 0 unspecified atom stereocenters. The minimum atomic E-state index is -1.83. The van der Waals surface area contributed by atoms with Gasteiger partial charge in [-0.2, -0.15) is 0 Å². The third-order valence-corrected chi connectivity index (χ3v) is 9.68. The Labute approximate surface area is 82.8 Å². The highest BCUT2D eigenvalue weighted by atomic mass is 28.5. The van der Waals surface area contributed by atoms with Gasteiger partial charge < -0.3 is 12.3 Å². The SMILES string of the molecule is C[SiH]O[Si](C)O[Si](C)(C)O[SiH]C. The van der Waals surface area contributed by atoms with E-state index in [0.717, 1.165) is 0 Å². The molecular formula is C5H17O3Si4. The molecule has 0 aromatic rings. The molecule has 0 aliphatic carbocycles. The van der Waals surface area contributed by atoms with E-state index in [2.05, 4.69) is 26.2 Å². The summed E-state index contributed by atoms with van der Waals surface area (Å²) in [5, 5.41) is 0. The van der Waals surface area contributed by atoms with Gasteiger partial charge in [0.1, 0.15) is 0 Å². The summed E-state index contributed by atoms with van der Waals surface area (Å²) >= 11 is 0. The summed E-state index contributed by atoms with van der Waals surface area (Å²) in [6.07, 6.45) is 0. The van der Waals surface area contributed by atoms with E-state index in [4.69, 9.17) is 12.3 Å². The summed E-state index contributed by atoms with van der Waals surface area (Å²) in [7, 11) is -2.68. The Morgan fingerprint density at radius 1 is 1.17 bits per heavy atom. The van der Waals surface area contributed by atoms with Gasteiger partial charge in [0, 0.05) is 0 Å². The second-order valence-electron chi connectivity index (χ2n) is 2.70. The van der Waals surface area contributed by atoms with Crippen molar-refractivity contribution in [3.63, 3.8) is 0 Å². The highest BCUT2D eigenvalue weighted by Gasteiger charge is 2.27. The second-order valence-corrected chi connectivity index (χ2v) is 10.1. The lowest BCUT2D eigenvalue weighted by atomic mass is 11.9. The first-order valence-electron chi connectivity index (χ1n) is 3.94. The molecule has 0 bridgehead atoms. The van der Waals surface area contributed by atoms with E-state index >= 15 is 0 Å². The van der Waals surface area contributed by atoms with Crippen LogP contribution in [0.5, 0.6) is 0 Å². The van der Waals surface area contributed by atoms with E-state index < -0.39 is 17.8 Å². The average Bonchev–Trinajstić information content (AvgIpc) is 1.85. The summed E-state index contributed by atoms with van der Waals surface area (Å²) in [6.45, 7) is 10.3. The zero-order valence-electron chi connectivity index (χ0n) is 8.38. The van der Waals surface area contributed by atoms with Gasteiger partial charge >= 0.3 is 17.8 Å². The summed E-state index contributed by atoms with van der Waals surface area (Å²) in [5.41, 5.74) is 0. The van der Waals surface area contributed by atoms with Crippen molar-refractivity contribution in [2.24, 2.45) is 0 Å². The van der Waals surface area contributed by atoms with Gasteiger partial charge in [0.25, 0.3) is 0 Å². The third-order valence-electron chi connectivity index (χ3n) is 1.08. The van der Waals surface area contributed by atoms with Crippen molar-refractivity contribution in [2.45, 2.75) is 32.7 Å². The maximum Gasteiger partial charge on any atom is 0.360 e. The highest BCUT2D eigenvalue weighted by molar-refractivity contribution is 6.75. The molecule has 3 nitrogen and oxygen atoms in total. The van der Waals surface area contributed by atoms with Crippen LogP contribution in [-0.2, 0) is 12.3 Å². The van der Waals surface area contributed by atoms with Crippen molar-refractivity contribution in [1.29, 1.82) is 0 Å². The standard InChI is InChI=1S/C5H17O3Si4/c1-9-6-11(3)8-12(4,5)7-10-2/h9-10H,1-5H3. The molecule has 0 saturated heterocycles. The lowest BCUT2D eigenvalue weighted by molar-refractivity contribution is 0.369. The molecule has 71 valence electrons. The molecular weight excluding hydrogens is 220 g/mol. The Kier molecular flexibility index (Phi) is 6.63. The van der Waals surface area contributed by atoms with Crippen molar-refractivity contribution in [1.82, 2.24) is 0 Å². The van der Waals surface area contributed by atoms with Crippen molar-refractivity contribution >= 4 is 37.4 Å². The molecule has 3 radical (unpaired) electrons. The van der Waals surface area contributed by atoms with Crippen LogP contribution in [0.15, 0.2) is 0 Å². The van der Waals surface area contributed by atoms with E-state index in [0.29, 0.717) is 0 Å². The molecule has 0 aromatic carbocycles. The average molecular weight is 238 g/mol. The first kappa shape index (κ1) is 12.7. The second kappa shape index (κ2) is 6.24. The van der Waals surface area contributed by atoms with Gasteiger partial charge in [-0.15, -0.1) is 0 Å². The van der Waals surface area contributed by atoms with E-state index in [1.807, 2.05) is 6.55 Å². The van der Waals surface area contributed by atoms with Crippen LogP contribution < -0.4 is 0 Å². The zero-order chi connectivity index (χ0) is 9.61. The Morgan fingerprint density at radius 2 is 1.75 bits per heavy atom. The topological polar surface area (TPSA) is 27.7 Å². The largest absolute Gasteiger partial charge is 0.439 e. The fraction of sp³-hybridized carbons (Fsp3) is 1.00. The van der Waals surface area contributed by atoms with Crippen LogP contribution in [-0.4, -0.2) is 37.4 Å². The molecule has 0 aromatic heterocycles. The van der Waals surface area contributed by atoms with Gasteiger partial charge in [0.15, 0.2) is 19.5 Å². The van der Waals surface area contributed by atoms with E-state index in [9.17, 15) is 0 Å². The van der Waals surface area contributed by atoms with Crippen LogP contribution in [0.25, 0.3) is 0 Å². The zero-order valence-corrected chi connectivity index (χ0v) is 12.7. The molecule has 0 fully saturated rings. The molecule has 0 atom stereocenters. The molecule has 7 heteroatoms. The molecule has 12 heavy (non-hydrogen) atoms. The molecule has 0 heterocycles. The van der Waals surface area contributed by atoms with Crippen molar-refractivity contribution in [3.8, 4) is 0 Å². The predicted molar refractivity (Wildman–Crippen MR) is 58.4 cm³/mol. The van der Waals surface area contributed by atoms with Gasteiger partial charge in [-0.25, -0.2) is 0 Å². The van der Waals surface area contributed by atoms with Gasteiger partial charge in [-0.1, -0.05) is 0 Å². The molecule has 0 saturated carbocycles. The maximum absolute atomic E-state index is 5.76. The molecule has 0 amide bonds. The van der Waals surface area contributed by atoms with Crippen LogP contribution in [0, 0.1) is 0 Å². The van der Waals surface area contributed by atoms with Gasteiger partial charge in [0.05, 0.1) is 0 Å². The van der Waals surface area contributed by atoms with Gasteiger partial charge in [-0.05, 0) is 32.7 Å². The van der Waals surface area contributed by atoms with Crippen LogP contribution in [0.4, 0.5) is 0 Å². The first-order valence-corrected chi connectivity index (χ1v) is 11.8. The minimum Gasteiger partial charge on any atom is -0.439 e. The van der Waals surface area contributed by atoms with Crippen molar-refractivity contribution in [2.75, 3.05) is 0 Å². The highest BCUT2D eigenvalue weighted by Crippen LogP contribution is 2.07. The minimum absolute atomic E-state index is 0.0861. The van der Waals surface area contributed by atoms with Crippen LogP contribution >= 0.6 is 0 Å². The van der Waals surface area contributed by atoms with E-state index in [1.54, 1.807) is 0 Å². The smallest absolute Gasteiger partial charge is 0.360 e. The van der Waals surface area contributed by atoms with Crippen LogP contribution in [0.2, 0.25) is 32.7 Å². The third kappa shape index (κ3) is 6.28. The summed E-state index contributed by atoms with van der Waals surface area (Å²) in [6, 6.07) is 0.